The zero-order valence-electron chi connectivity index (χ0n) is 17.7. The maximum atomic E-state index is 10.1. The van der Waals surface area contributed by atoms with Crippen molar-refractivity contribution in [3.05, 3.63) is 11.6 Å². The van der Waals surface area contributed by atoms with Crippen molar-refractivity contribution in [2.75, 3.05) is 13.1 Å². The lowest BCUT2D eigenvalue weighted by Gasteiger charge is -2.58. The molecule has 4 aliphatic rings. The molecule has 0 aromatic rings. The fourth-order valence-corrected chi connectivity index (χ4v) is 7.85. The Labute approximate surface area is 165 Å². The molecule has 3 N–H and O–H groups in total. The predicted octanol–water partition coefficient (Wildman–Crippen LogP) is 4.74. The molecule has 0 aromatic carbocycles. The molecule has 7 unspecified atom stereocenters. The van der Waals surface area contributed by atoms with E-state index in [1.165, 1.54) is 50.7 Å². The second-order valence-electron chi connectivity index (χ2n) is 10.5. The minimum atomic E-state index is -0.193. The molecule has 152 valence electrons. The molecule has 0 heterocycles. The number of nitrogens with zero attached hydrogens (tertiary/aromatic N) is 1. The van der Waals surface area contributed by atoms with E-state index in [-0.39, 0.29) is 6.10 Å². The summed E-state index contributed by atoms with van der Waals surface area (Å²) in [5, 5.41) is 10.1. The van der Waals surface area contributed by atoms with E-state index in [0.717, 1.165) is 43.7 Å². The summed E-state index contributed by atoms with van der Waals surface area (Å²) in [7, 11) is 0. The average Bonchev–Trinajstić information content (AvgIpc) is 3.00. The van der Waals surface area contributed by atoms with Gasteiger partial charge in [-0.1, -0.05) is 25.5 Å². The normalized spacial score (nSPS) is 47.1. The smallest absolute Gasteiger partial charge is 0.0724 e. The Morgan fingerprint density at radius 2 is 1.96 bits per heavy atom. The van der Waals surface area contributed by atoms with Crippen LogP contribution in [0, 0.1) is 34.5 Å². The van der Waals surface area contributed by atoms with E-state index < -0.39 is 0 Å². The van der Waals surface area contributed by atoms with Crippen LogP contribution in [0.4, 0.5) is 0 Å². The molecule has 3 saturated carbocycles. The van der Waals surface area contributed by atoms with Crippen molar-refractivity contribution < 1.29 is 5.11 Å². The van der Waals surface area contributed by atoms with Crippen LogP contribution in [0.15, 0.2) is 16.6 Å². The molecule has 7 atom stereocenters. The number of hydrogen-bond donors (Lipinski definition) is 2. The molecule has 0 aliphatic heterocycles. The van der Waals surface area contributed by atoms with Crippen molar-refractivity contribution in [1.82, 2.24) is 0 Å². The summed E-state index contributed by atoms with van der Waals surface area (Å²) >= 11 is 0. The van der Waals surface area contributed by atoms with Crippen molar-refractivity contribution >= 4 is 5.71 Å². The van der Waals surface area contributed by atoms with Gasteiger partial charge in [0.15, 0.2) is 0 Å². The lowest BCUT2D eigenvalue weighted by molar-refractivity contribution is -0.0476. The third kappa shape index (κ3) is 3.13. The molecule has 0 bridgehead atoms. The van der Waals surface area contributed by atoms with Crippen LogP contribution in [0.2, 0.25) is 0 Å². The van der Waals surface area contributed by atoms with E-state index in [9.17, 15) is 5.11 Å². The first-order valence-electron chi connectivity index (χ1n) is 11.5. The monoisotopic (exact) mass is 372 g/mol. The van der Waals surface area contributed by atoms with Crippen molar-refractivity contribution in [1.29, 1.82) is 0 Å². The molecule has 3 heteroatoms. The largest absolute Gasteiger partial charge is 0.389 e. The Hall–Kier alpha value is -0.670. The van der Waals surface area contributed by atoms with Crippen LogP contribution in [-0.4, -0.2) is 30.0 Å². The van der Waals surface area contributed by atoms with E-state index >= 15 is 0 Å². The lowest BCUT2D eigenvalue weighted by atomic mass is 9.46. The number of allylic oxidation sites excluding steroid dienone is 1. The highest BCUT2D eigenvalue weighted by molar-refractivity contribution is 5.85. The Morgan fingerprint density at radius 3 is 2.74 bits per heavy atom. The van der Waals surface area contributed by atoms with Crippen LogP contribution in [0.5, 0.6) is 0 Å². The molecule has 3 nitrogen and oxygen atoms in total. The van der Waals surface area contributed by atoms with Crippen LogP contribution in [0.25, 0.3) is 0 Å². The van der Waals surface area contributed by atoms with Crippen molar-refractivity contribution in [3.63, 3.8) is 0 Å². The molecule has 4 rings (SSSR count). The number of aliphatic hydroxyl groups excluding tert-OH is 1. The van der Waals surface area contributed by atoms with Gasteiger partial charge in [-0.25, -0.2) is 0 Å². The Bertz CT molecular complexity index is 626. The molecule has 0 saturated heterocycles. The second kappa shape index (κ2) is 7.30. The summed E-state index contributed by atoms with van der Waals surface area (Å²) in [4.78, 5) is 4.92. The molecule has 4 aliphatic carbocycles. The third-order valence-electron chi connectivity index (χ3n) is 9.32. The fraction of sp³-hybridized carbons (Fsp3) is 0.875. The number of aliphatic hydroxyl groups is 1. The van der Waals surface area contributed by atoms with E-state index in [2.05, 4.69) is 26.8 Å². The first-order chi connectivity index (χ1) is 12.9. The highest BCUT2D eigenvalue weighted by Gasteiger charge is 2.59. The molecular formula is C24H40N2O. The number of fused-ring (bicyclic) bond motifs is 5. The summed E-state index contributed by atoms with van der Waals surface area (Å²) < 4.78 is 0. The SMILES string of the molecule is CC(=NCCCN)C1CCC2C3CCC4=CC(O)CCC4(C)C3CCC12C. The van der Waals surface area contributed by atoms with Gasteiger partial charge in [0.05, 0.1) is 6.10 Å². The predicted molar refractivity (Wildman–Crippen MR) is 113 cm³/mol. The Morgan fingerprint density at radius 1 is 1.15 bits per heavy atom. The first kappa shape index (κ1) is 19.6. The maximum absolute atomic E-state index is 10.1. The van der Waals surface area contributed by atoms with Crippen LogP contribution in [-0.2, 0) is 0 Å². The van der Waals surface area contributed by atoms with Gasteiger partial charge < -0.3 is 10.8 Å². The van der Waals surface area contributed by atoms with Crippen LogP contribution in [0.3, 0.4) is 0 Å². The summed E-state index contributed by atoms with van der Waals surface area (Å²) in [6.07, 6.45) is 13.2. The van der Waals surface area contributed by atoms with E-state index in [1.807, 2.05) is 0 Å². The highest BCUT2D eigenvalue weighted by atomic mass is 16.3. The minimum absolute atomic E-state index is 0.193. The van der Waals surface area contributed by atoms with E-state index in [0.29, 0.717) is 16.7 Å². The van der Waals surface area contributed by atoms with Gasteiger partial charge in [0.1, 0.15) is 0 Å². The van der Waals surface area contributed by atoms with Crippen LogP contribution < -0.4 is 5.73 Å². The van der Waals surface area contributed by atoms with Crippen molar-refractivity contribution in [2.24, 2.45) is 45.2 Å². The second-order valence-corrected chi connectivity index (χ2v) is 10.5. The third-order valence-corrected chi connectivity index (χ3v) is 9.32. The van der Waals surface area contributed by atoms with Gasteiger partial charge in [-0.15, -0.1) is 0 Å². The van der Waals surface area contributed by atoms with Crippen molar-refractivity contribution in [2.45, 2.75) is 84.7 Å². The van der Waals surface area contributed by atoms with Gasteiger partial charge in [-0.2, -0.15) is 0 Å². The summed E-state index contributed by atoms with van der Waals surface area (Å²) in [5.74, 6) is 3.25. The van der Waals surface area contributed by atoms with Gasteiger partial charge in [-0.05, 0) is 99.8 Å². The Kier molecular flexibility index (Phi) is 5.31. The van der Waals surface area contributed by atoms with Crippen LogP contribution in [0.1, 0.15) is 78.6 Å². The molecule has 3 fully saturated rings. The fourth-order valence-electron chi connectivity index (χ4n) is 7.85. The van der Waals surface area contributed by atoms with E-state index in [4.69, 9.17) is 10.7 Å². The lowest BCUT2D eigenvalue weighted by Crippen LogP contribution is -2.51. The first-order valence-corrected chi connectivity index (χ1v) is 11.5. The number of aliphatic imine (C=N–C) groups is 1. The molecular weight excluding hydrogens is 332 g/mol. The molecule has 0 aromatic heterocycles. The molecule has 0 spiro atoms. The minimum Gasteiger partial charge on any atom is -0.389 e. The molecule has 0 radical (unpaired) electrons. The number of nitrogens with two attached hydrogens (primary N) is 1. The number of rotatable bonds is 4. The van der Waals surface area contributed by atoms with Gasteiger partial charge in [0.2, 0.25) is 0 Å². The van der Waals surface area contributed by atoms with Gasteiger partial charge in [0.25, 0.3) is 0 Å². The van der Waals surface area contributed by atoms with Gasteiger partial charge in [0, 0.05) is 18.2 Å². The molecule has 27 heavy (non-hydrogen) atoms. The molecule has 0 amide bonds. The zero-order chi connectivity index (χ0) is 19.2. The quantitative estimate of drug-likeness (QED) is 0.425. The topological polar surface area (TPSA) is 58.6 Å². The van der Waals surface area contributed by atoms with Crippen LogP contribution >= 0.6 is 0 Å². The van der Waals surface area contributed by atoms with Gasteiger partial charge in [-0.3, -0.25) is 4.99 Å². The standard InChI is InChI=1S/C24H40N2O/c1-16(26-14-4-13-25)20-7-8-21-19-6-5-17-15-18(27)9-11-23(17,2)22(19)10-12-24(20,21)3/h15,18-22,27H,4-14,25H2,1-3H3. The Balaban J connectivity index is 1.56. The summed E-state index contributed by atoms with van der Waals surface area (Å²) in [5.41, 5.74) is 9.44. The number of hydrogen-bond acceptors (Lipinski definition) is 3. The van der Waals surface area contributed by atoms with E-state index in [1.54, 1.807) is 5.57 Å². The summed E-state index contributed by atoms with van der Waals surface area (Å²) in [6, 6.07) is 0. The summed E-state index contributed by atoms with van der Waals surface area (Å²) in [6.45, 7) is 9.04. The van der Waals surface area contributed by atoms with Gasteiger partial charge >= 0.3 is 0 Å². The van der Waals surface area contributed by atoms with Crippen molar-refractivity contribution in [3.8, 4) is 0 Å². The highest BCUT2D eigenvalue weighted by Crippen LogP contribution is 2.66. The maximum Gasteiger partial charge on any atom is 0.0724 e. The average molecular weight is 373 g/mol. The zero-order valence-corrected chi connectivity index (χ0v) is 17.7.